The van der Waals surface area contributed by atoms with Crippen LogP contribution < -0.4 is 4.43 Å². The molecule has 1 atom stereocenters. The van der Waals surface area contributed by atoms with Gasteiger partial charge in [0.05, 0.1) is 4.32 Å². The summed E-state index contributed by atoms with van der Waals surface area (Å²) in [5.74, 6) is 0.821. The molecule has 3 heteroatoms. The van der Waals surface area contributed by atoms with Crippen LogP contribution in [0.1, 0.15) is 45.7 Å². The van der Waals surface area contributed by atoms with E-state index in [0.717, 1.165) is 16.9 Å². The van der Waals surface area contributed by atoms with Gasteiger partial charge in [0.2, 0.25) is 0 Å². The Morgan fingerprint density at radius 2 is 1.83 bits per heavy atom. The molecule has 1 nitrogen and oxygen atoms in total. The first kappa shape index (κ1) is 15.5. The molecule has 1 aromatic rings. The zero-order valence-corrected chi connectivity index (χ0v) is 14.3. The molecule has 97 valence electrons. The highest BCUT2D eigenvalue weighted by molar-refractivity contribution is 9.09. The van der Waals surface area contributed by atoms with Crippen LogP contribution in [-0.2, 0) is 9.74 Å². The normalized spacial score (nSPS) is 15.1. The third kappa shape index (κ3) is 3.07. The fraction of sp³-hybridized carbons (Fsp3) is 0.467. The third-order valence-corrected chi connectivity index (χ3v) is 4.59. The molecular formula is C15H20BrOSi. The van der Waals surface area contributed by atoms with Crippen molar-refractivity contribution in [2.24, 2.45) is 0 Å². The second-order valence-corrected chi connectivity index (χ2v) is 7.64. The minimum atomic E-state index is -0.286. The van der Waals surface area contributed by atoms with Crippen molar-refractivity contribution in [3.63, 3.8) is 0 Å². The van der Waals surface area contributed by atoms with Gasteiger partial charge in [-0.25, -0.2) is 0 Å². The lowest BCUT2D eigenvalue weighted by Gasteiger charge is -2.28. The molecule has 1 unspecified atom stereocenters. The van der Waals surface area contributed by atoms with Crippen LogP contribution in [0.4, 0.5) is 0 Å². The van der Waals surface area contributed by atoms with E-state index in [2.05, 4.69) is 78.9 Å². The van der Waals surface area contributed by atoms with E-state index in [1.165, 1.54) is 5.56 Å². The minimum Gasteiger partial charge on any atom is -0.540 e. The Balaban J connectivity index is 3.37. The van der Waals surface area contributed by atoms with E-state index in [1.807, 2.05) is 6.92 Å². The predicted molar refractivity (Wildman–Crippen MR) is 82.6 cm³/mol. The lowest BCUT2D eigenvalue weighted by Crippen LogP contribution is -2.17. The van der Waals surface area contributed by atoms with Crippen molar-refractivity contribution < 1.29 is 4.43 Å². The van der Waals surface area contributed by atoms with Crippen LogP contribution in [0, 0.1) is 0 Å². The number of hydrogen-bond donors (Lipinski definition) is 0. The van der Waals surface area contributed by atoms with Crippen LogP contribution in [0.5, 0.6) is 5.75 Å². The van der Waals surface area contributed by atoms with Crippen LogP contribution in [0.2, 0.25) is 0 Å². The summed E-state index contributed by atoms with van der Waals surface area (Å²) in [7, 11) is 3.15. The Labute approximate surface area is 122 Å². The first-order chi connectivity index (χ1) is 8.10. The molecule has 3 radical (unpaired) electrons. The molecule has 0 saturated carbocycles. The van der Waals surface area contributed by atoms with Gasteiger partial charge in [0.25, 0.3) is 0 Å². The largest absolute Gasteiger partial charge is 0.540 e. The maximum Gasteiger partial charge on any atom is 0.341 e. The highest BCUT2D eigenvalue weighted by atomic mass is 79.9. The maximum atomic E-state index is 5.35. The third-order valence-electron chi connectivity index (χ3n) is 3.26. The summed E-state index contributed by atoms with van der Waals surface area (Å²) in [5.41, 5.74) is 3.45. The lowest BCUT2D eigenvalue weighted by atomic mass is 9.84. The summed E-state index contributed by atoms with van der Waals surface area (Å²) >= 11 is 3.72. The molecule has 0 amide bonds. The summed E-state index contributed by atoms with van der Waals surface area (Å²) in [4.78, 5) is 0. The average molecular weight is 324 g/mol. The predicted octanol–water partition coefficient (Wildman–Crippen LogP) is 4.63. The summed E-state index contributed by atoms with van der Waals surface area (Å²) in [5, 5.41) is 0. The van der Waals surface area contributed by atoms with E-state index < -0.39 is 0 Å². The Morgan fingerprint density at radius 3 is 2.22 bits per heavy atom. The molecular weight excluding hydrogens is 304 g/mol. The molecule has 0 saturated heterocycles. The number of benzene rings is 1. The second-order valence-electron chi connectivity index (χ2n) is 5.85. The fourth-order valence-electron chi connectivity index (χ4n) is 1.69. The van der Waals surface area contributed by atoms with Gasteiger partial charge < -0.3 is 4.43 Å². The van der Waals surface area contributed by atoms with Gasteiger partial charge in [0.1, 0.15) is 5.75 Å². The molecule has 0 heterocycles. The molecule has 0 aromatic heterocycles. The van der Waals surface area contributed by atoms with Crippen molar-refractivity contribution in [2.75, 3.05) is 0 Å². The second kappa shape index (κ2) is 5.22. The highest BCUT2D eigenvalue weighted by Crippen LogP contribution is 2.43. The van der Waals surface area contributed by atoms with E-state index in [4.69, 9.17) is 4.43 Å². The summed E-state index contributed by atoms with van der Waals surface area (Å²) in [6.07, 6.45) is 0. The van der Waals surface area contributed by atoms with Crippen molar-refractivity contribution >= 4 is 26.4 Å². The zero-order chi connectivity index (χ0) is 14.1. The van der Waals surface area contributed by atoms with Crippen LogP contribution in [0.3, 0.4) is 0 Å². The van der Waals surface area contributed by atoms with Gasteiger partial charge in [0.15, 0.2) is 0 Å². The van der Waals surface area contributed by atoms with Crippen molar-refractivity contribution in [1.82, 2.24) is 0 Å². The molecule has 0 aliphatic carbocycles. The van der Waals surface area contributed by atoms with Gasteiger partial charge >= 0.3 is 10.5 Å². The lowest BCUT2D eigenvalue weighted by molar-refractivity contribution is 0.566. The SMILES string of the molecule is C=C(C)C(C)(Br)c1ccc(C(C)(C)C)cc1O[Si]. The molecule has 0 fully saturated rings. The van der Waals surface area contributed by atoms with Gasteiger partial charge in [-0.3, -0.25) is 0 Å². The Bertz CT molecular complexity index is 458. The average Bonchev–Trinajstić information content (AvgIpc) is 2.26. The van der Waals surface area contributed by atoms with Gasteiger partial charge in [-0.05, 0) is 30.9 Å². The van der Waals surface area contributed by atoms with Crippen LogP contribution >= 0.6 is 15.9 Å². The highest BCUT2D eigenvalue weighted by Gasteiger charge is 2.28. The van der Waals surface area contributed by atoms with Crippen molar-refractivity contribution in [3.05, 3.63) is 41.5 Å². The number of rotatable bonds is 3. The van der Waals surface area contributed by atoms with Crippen molar-refractivity contribution in [3.8, 4) is 5.75 Å². The Kier molecular flexibility index (Phi) is 4.50. The van der Waals surface area contributed by atoms with E-state index in [1.54, 1.807) is 0 Å². The standard InChI is InChI=1S/C15H20BrOSi/c1-10(2)15(6,16)12-8-7-11(14(3,4)5)9-13(12)17-18/h7-9H,1H2,2-6H3. The van der Waals surface area contributed by atoms with Gasteiger partial charge in [-0.15, -0.1) is 0 Å². The molecule has 0 aliphatic rings. The fourth-order valence-corrected chi connectivity index (χ4v) is 2.19. The maximum absolute atomic E-state index is 5.35. The van der Waals surface area contributed by atoms with Gasteiger partial charge in [0, 0.05) is 5.56 Å². The molecule has 1 aromatic carbocycles. The number of allylic oxidation sites excluding steroid dienone is 1. The van der Waals surface area contributed by atoms with E-state index in [9.17, 15) is 0 Å². The monoisotopic (exact) mass is 323 g/mol. The molecule has 0 N–H and O–H groups in total. The number of halogens is 1. The quantitative estimate of drug-likeness (QED) is 0.447. The minimum absolute atomic E-state index is 0.101. The number of hydrogen-bond acceptors (Lipinski definition) is 1. The van der Waals surface area contributed by atoms with Gasteiger partial charge in [-0.1, -0.05) is 61.0 Å². The summed E-state index contributed by atoms with van der Waals surface area (Å²) in [6.45, 7) is 14.7. The van der Waals surface area contributed by atoms with E-state index in [-0.39, 0.29) is 9.74 Å². The Morgan fingerprint density at radius 1 is 1.28 bits per heavy atom. The molecule has 0 bridgehead atoms. The summed E-state index contributed by atoms with van der Waals surface area (Å²) in [6, 6.07) is 6.32. The van der Waals surface area contributed by atoms with E-state index in [0.29, 0.717) is 0 Å². The molecule has 0 aliphatic heterocycles. The van der Waals surface area contributed by atoms with Crippen molar-refractivity contribution in [2.45, 2.75) is 44.4 Å². The molecule has 0 spiro atoms. The number of alkyl halides is 1. The van der Waals surface area contributed by atoms with Crippen LogP contribution in [-0.4, -0.2) is 10.5 Å². The Hall–Kier alpha value is -0.543. The van der Waals surface area contributed by atoms with Crippen LogP contribution in [0.25, 0.3) is 0 Å². The van der Waals surface area contributed by atoms with Crippen molar-refractivity contribution in [1.29, 1.82) is 0 Å². The molecule has 1 rings (SSSR count). The summed E-state index contributed by atoms with van der Waals surface area (Å²) < 4.78 is 5.07. The first-order valence-corrected chi connectivity index (χ1v) is 7.14. The van der Waals surface area contributed by atoms with E-state index >= 15 is 0 Å². The van der Waals surface area contributed by atoms with Gasteiger partial charge in [-0.2, -0.15) is 0 Å². The smallest absolute Gasteiger partial charge is 0.341 e. The van der Waals surface area contributed by atoms with Crippen LogP contribution in [0.15, 0.2) is 30.4 Å². The zero-order valence-electron chi connectivity index (χ0n) is 11.7. The first-order valence-electron chi connectivity index (χ1n) is 5.94. The molecule has 18 heavy (non-hydrogen) atoms. The topological polar surface area (TPSA) is 9.23 Å².